The lowest BCUT2D eigenvalue weighted by Gasteiger charge is -2.17. The van der Waals surface area contributed by atoms with Crippen LogP contribution < -0.4 is 5.56 Å². The second-order valence-corrected chi connectivity index (χ2v) is 6.32. The second-order valence-electron chi connectivity index (χ2n) is 6.32. The van der Waals surface area contributed by atoms with Crippen molar-refractivity contribution in [2.75, 3.05) is 0 Å². The van der Waals surface area contributed by atoms with Crippen LogP contribution in [-0.4, -0.2) is 20.5 Å². The largest absolute Gasteiger partial charge is 0.299 e. The number of nitrogens with zero attached hydrogens (tertiary/aromatic N) is 2. The van der Waals surface area contributed by atoms with Crippen molar-refractivity contribution in [1.82, 2.24) is 14.8 Å². The van der Waals surface area contributed by atoms with Gasteiger partial charge in [0.25, 0.3) is 5.56 Å². The first-order valence-electron chi connectivity index (χ1n) is 7.10. The minimum Gasteiger partial charge on any atom is -0.299 e. The topological polar surface area (TPSA) is 67.8 Å². The summed E-state index contributed by atoms with van der Waals surface area (Å²) in [5.41, 5.74) is 1.09. The van der Waals surface area contributed by atoms with Crippen LogP contribution in [0.25, 0.3) is 0 Å². The van der Waals surface area contributed by atoms with Gasteiger partial charge in [-0.25, -0.2) is 0 Å². The van der Waals surface area contributed by atoms with Crippen LogP contribution in [0.3, 0.4) is 0 Å². The summed E-state index contributed by atoms with van der Waals surface area (Å²) in [6.45, 7) is 8.61. The molecule has 2 aromatic heterocycles. The molecule has 0 radical (unpaired) electrons. The zero-order valence-electron chi connectivity index (χ0n) is 12.9. The van der Waals surface area contributed by atoms with Crippen LogP contribution in [0.1, 0.15) is 49.3 Å². The lowest BCUT2D eigenvalue weighted by atomic mass is 9.88. The van der Waals surface area contributed by atoms with Crippen molar-refractivity contribution in [2.45, 2.75) is 40.7 Å². The molecule has 0 aromatic carbocycles. The van der Waals surface area contributed by atoms with Crippen LogP contribution in [0.15, 0.2) is 29.3 Å². The van der Waals surface area contributed by atoms with Crippen LogP contribution >= 0.6 is 0 Å². The summed E-state index contributed by atoms with van der Waals surface area (Å²) in [4.78, 5) is 29.0. The number of ketones is 1. The molecular weight excluding hydrogens is 266 g/mol. The van der Waals surface area contributed by atoms with Crippen molar-refractivity contribution in [1.29, 1.82) is 0 Å². The van der Waals surface area contributed by atoms with E-state index in [2.05, 4.69) is 30.9 Å². The van der Waals surface area contributed by atoms with Gasteiger partial charge in [0.2, 0.25) is 5.78 Å². The molecule has 0 aliphatic rings. The molecule has 0 amide bonds. The molecule has 0 aliphatic heterocycles. The third-order valence-corrected chi connectivity index (χ3v) is 3.20. The van der Waals surface area contributed by atoms with Gasteiger partial charge in [-0.1, -0.05) is 20.8 Å². The highest BCUT2D eigenvalue weighted by atomic mass is 16.2. The standard InChI is InChI=1S/C16H21N3O2/c1-5-19-15(21)13(12(18-19)9-16(2,3)4)14(20)11-7-6-8-17-10-11/h6-8,10,18H,5,9H2,1-4H3. The van der Waals surface area contributed by atoms with E-state index in [1.54, 1.807) is 18.3 Å². The summed E-state index contributed by atoms with van der Waals surface area (Å²) < 4.78 is 1.48. The maximum atomic E-state index is 12.6. The van der Waals surface area contributed by atoms with E-state index in [9.17, 15) is 9.59 Å². The number of carbonyl (C=O) groups excluding carboxylic acids is 1. The minimum absolute atomic E-state index is 0.0210. The first-order valence-corrected chi connectivity index (χ1v) is 7.10. The average molecular weight is 287 g/mol. The molecule has 21 heavy (non-hydrogen) atoms. The fourth-order valence-electron chi connectivity index (χ4n) is 2.29. The van der Waals surface area contributed by atoms with E-state index in [1.165, 1.54) is 10.9 Å². The smallest absolute Gasteiger partial charge is 0.278 e. The average Bonchev–Trinajstić information content (AvgIpc) is 2.73. The molecule has 112 valence electrons. The number of hydrogen-bond acceptors (Lipinski definition) is 3. The molecule has 0 saturated heterocycles. The number of H-pyrrole nitrogens is 1. The van der Waals surface area contributed by atoms with Crippen molar-refractivity contribution in [2.24, 2.45) is 5.41 Å². The van der Waals surface area contributed by atoms with Crippen LogP contribution in [0.4, 0.5) is 0 Å². The van der Waals surface area contributed by atoms with E-state index in [0.717, 1.165) is 0 Å². The number of pyridine rings is 1. The lowest BCUT2D eigenvalue weighted by molar-refractivity contribution is 0.103. The number of carbonyl (C=O) groups is 1. The predicted molar refractivity (Wildman–Crippen MR) is 81.6 cm³/mol. The van der Waals surface area contributed by atoms with Crippen molar-refractivity contribution < 1.29 is 4.79 Å². The summed E-state index contributed by atoms with van der Waals surface area (Å²) in [7, 11) is 0. The van der Waals surface area contributed by atoms with Crippen LogP contribution in [0.2, 0.25) is 0 Å². The number of rotatable bonds is 4. The van der Waals surface area contributed by atoms with Gasteiger partial charge >= 0.3 is 0 Å². The number of hydrogen-bond donors (Lipinski definition) is 1. The summed E-state index contributed by atoms with van der Waals surface area (Å²) >= 11 is 0. The van der Waals surface area contributed by atoms with Crippen molar-refractivity contribution >= 4 is 5.78 Å². The highest BCUT2D eigenvalue weighted by Crippen LogP contribution is 2.21. The molecular formula is C16H21N3O2. The van der Waals surface area contributed by atoms with E-state index in [-0.39, 0.29) is 22.3 Å². The molecule has 0 aliphatic carbocycles. The van der Waals surface area contributed by atoms with Crippen molar-refractivity contribution in [3.05, 3.63) is 51.7 Å². The molecule has 0 fully saturated rings. The fraction of sp³-hybridized carbons (Fsp3) is 0.438. The molecule has 2 aromatic rings. The molecule has 0 atom stereocenters. The Morgan fingerprint density at radius 2 is 2.10 bits per heavy atom. The molecule has 0 spiro atoms. The van der Waals surface area contributed by atoms with Gasteiger partial charge in [-0.3, -0.25) is 24.4 Å². The highest BCUT2D eigenvalue weighted by molar-refractivity contribution is 6.09. The molecule has 5 heteroatoms. The number of aromatic amines is 1. The molecule has 0 bridgehead atoms. The first-order chi connectivity index (χ1) is 9.83. The van der Waals surface area contributed by atoms with Crippen LogP contribution in [0, 0.1) is 5.41 Å². The van der Waals surface area contributed by atoms with Gasteiger partial charge < -0.3 is 0 Å². The Hall–Kier alpha value is -2.17. The summed E-state index contributed by atoms with van der Waals surface area (Å²) in [6.07, 6.45) is 3.73. The van der Waals surface area contributed by atoms with E-state index in [4.69, 9.17) is 0 Å². The Balaban J connectivity index is 2.54. The lowest BCUT2D eigenvalue weighted by Crippen LogP contribution is -2.22. The Labute approximate surface area is 124 Å². The first kappa shape index (κ1) is 15.2. The predicted octanol–water partition coefficient (Wildman–Crippen LogP) is 2.41. The third kappa shape index (κ3) is 3.29. The van der Waals surface area contributed by atoms with Gasteiger partial charge in [0.15, 0.2) is 0 Å². The SMILES string of the molecule is CCn1[nH]c(CC(C)(C)C)c(C(=O)c2cccnc2)c1=O. The highest BCUT2D eigenvalue weighted by Gasteiger charge is 2.25. The van der Waals surface area contributed by atoms with Gasteiger partial charge in [0.1, 0.15) is 5.56 Å². The van der Waals surface area contributed by atoms with Crippen molar-refractivity contribution in [3.8, 4) is 0 Å². The van der Waals surface area contributed by atoms with Crippen LogP contribution in [-0.2, 0) is 13.0 Å². The number of aromatic nitrogens is 3. The third-order valence-electron chi connectivity index (χ3n) is 3.20. The monoisotopic (exact) mass is 287 g/mol. The number of aryl methyl sites for hydroxylation is 1. The maximum Gasteiger partial charge on any atom is 0.278 e. The van der Waals surface area contributed by atoms with Gasteiger partial charge in [0.05, 0.1) is 0 Å². The van der Waals surface area contributed by atoms with E-state index < -0.39 is 0 Å². The Morgan fingerprint density at radius 1 is 1.38 bits per heavy atom. The zero-order chi connectivity index (χ0) is 15.6. The summed E-state index contributed by atoms with van der Waals surface area (Å²) in [5.74, 6) is -0.268. The molecule has 2 rings (SSSR count). The Morgan fingerprint density at radius 3 is 2.62 bits per heavy atom. The Kier molecular flexibility index (Phi) is 4.11. The fourth-order valence-corrected chi connectivity index (χ4v) is 2.29. The Bertz CT molecular complexity index is 691. The van der Waals surface area contributed by atoms with E-state index in [1.807, 2.05) is 6.92 Å². The van der Waals surface area contributed by atoms with E-state index in [0.29, 0.717) is 24.2 Å². The van der Waals surface area contributed by atoms with Crippen molar-refractivity contribution in [3.63, 3.8) is 0 Å². The summed E-state index contributed by atoms with van der Waals surface area (Å²) in [5, 5.41) is 3.07. The number of nitrogens with one attached hydrogen (secondary N) is 1. The van der Waals surface area contributed by atoms with Crippen LogP contribution in [0.5, 0.6) is 0 Å². The van der Waals surface area contributed by atoms with Gasteiger partial charge in [-0.2, -0.15) is 0 Å². The molecule has 5 nitrogen and oxygen atoms in total. The second kappa shape index (κ2) is 5.68. The quantitative estimate of drug-likeness (QED) is 0.878. The van der Waals surface area contributed by atoms with Gasteiger partial charge in [-0.05, 0) is 30.9 Å². The molecule has 0 unspecified atom stereocenters. The van der Waals surface area contributed by atoms with E-state index >= 15 is 0 Å². The minimum atomic E-state index is -0.268. The van der Waals surface area contributed by atoms with Gasteiger partial charge in [0, 0.05) is 30.2 Å². The molecule has 2 heterocycles. The molecule has 0 saturated carbocycles. The normalized spacial score (nSPS) is 11.6. The summed E-state index contributed by atoms with van der Waals surface area (Å²) in [6, 6.07) is 3.38. The maximum absolute atomic E-state index is 12.6. The molecule has 1 N–H and O–H groups in total. The van der Waals surface area contributed by atoms with Gasteiger partial charge in [-0.15, -0.1) is 0 Å². The zero-order valence-corrected chi connectivity index (χ0v) is 12.9.